The number of hydrogen-bond acceptors (Lipinski definition) is 8. The first-order valence-electron chi connectivity index (χ1n) is 17.5. The van der Waals surface area contributed by atoms with E-state index in [0.717, 1.165) is 22.3 Å². The zero-order chi connectivity index (χ0) is 36.0. The SMILES string of the molecule is O=C(CCS(=O)(=O)c1ccccc1)[C@@H]1O[C@H](COCc2ccccc2)[C@@H](OCc2ccccc2)[C@H](OCc2ccccc2)[C@H]1OCc1ccccc1. The van der Waals surface area contributed by atoms with Gasteiger partial charge in [0.15, 0.2) is 15.6 Å². The Morgan fingerprint density at radius 2 is 0.923 bits per heavy atom. The molecule has 6 rings (SSSR count). The van der Waals surface area contributed by atoms with Gasteiger partial charge in [0.2, 0.25) is 0 Å². The van der Waals surface area contributed by atoms with Crippen LogP contribution in [-0.2, 0) is 64.7 Å². The van der Waals surface area contributed by atoms with Gasteiger partial charge in [0.25, 0.3) is 0 Å². The molecule has 9 heteroatoms. The van der Waals surface area contributed by atoms with E-state index in [-0.39, 0.29) is 43.5 Å². The molecule has 0 spiro atoms. The van der Waals surface area contributed by atoms with Crippen LogP contribution in [0.2, 0.25) is 0 Å². The molecular formula is C43H44O8S. The molecule has 8 nitrogen and oxygen atoms in total. The van der Waals surface area contributed by atoms with Gasteiger partial charge in [-0.15, -0.1) is 0 Å². The Morgan fingerprint density at radius 3 is 1.40 bits per heavy atom. The largest absolute Gasteiger partial charge is 0.374 e. The van der Waals surface area contributed by atoms with Crippen molar-refractivity contribution in [3.8, 4) is 0 Å². The number of benzene rings is 5. The van der Waals surface area contributed by atoms with E-state index in [1.165, 1.54) is 12.1 Å². The summed E-state index contributed by atoms with van der Waals surface area (Å²) in [4.78, 5) is 14.4. The molecular weight excluding hydrogens is 677 g/mol. The van der Waals surface area contributed by atoms with Crippen molar-refractivity contribution in [2.24, 2.45) is 0 Å². The Labute approximate surface area is 306 Å². The summed E-state index contributed by atoms with van der Waals surface area (Å²) in [5.41, 5.74) is 3.78. The van der Waals surface area contributed by atoms with Gasteiger partial charge < -0.3 is 23.7 Å². The molecule has 0 saturated carbocycles. The number of hydrogen-bond donors (Lipinski definition) is 0. The highest BCUT2D eigenvalue weighted by molar-refractivity contribution is 7.91. The molecule has 5 aromatic carbocycles. The molecule has 0 amide bonds. The van der Waals surface area contributed by atoms with E-state index in [1.54, 1.807) is 18.2 Å². The lowest BCUT2D eigenvalue weighted by atomic mass is 9.91. The lowest BCUT2D eigenvalue weighted by molar-refractivity contribution is -0.267. The Bertz CT molecular complexity index is 1890. The zero-order valence-corrected chi connectivity index (χ0v) is 29.8. The minimum Gasteiger partial charge on any atom is -0.374 e. The number of Topliss-reactive ketones (excluding diaryl/α,β-unsaturated/α-hetero) is 1. The van der Waals surface area contributed by atoms with Crippen LogP contribution in [0.5, 0.6) is 0 Å². The van der Waals surface area contributed by atoms with E-state index < -0.39 is 46.1 Å². The monoisotopic (exact) mass is 720 g/mol. The van der Waals surface area contributed by atoms with Crippen molar-refractivity contribution in [2.75, 3.05) is 12.4 Å². The maximum Gasteiger partial charge on any atom is 0.178 e. The van der Waals surface area contributed by atoms with Crippen LogP contribution in [0.3, 0.4) is 0 Å². The van der Waals surface area contributed by atoms with E-state index in [1.807, 2.05) is 121 Å². The highest BCUT2D eigenvalue weighted by Gasteiger charge is 2.50. The van der Waals surface area contributed by atoms with Crippen LogP contribution in [0.25, 0.3) is 0 Å². The molecule has 1 aliphatic heterocycles. The summed E-state index contributed by atoms with van der Waals surface area (Å²) >= 11 is 0. The maximum absolute atomic E-state index is 14.2. The van der Waals surface area contributed by atoms with Gasteiger partial charge in [0.05, 0.1) is 43.7 Å². The molecule has 0 aliphatic carbocycles. The van der Waals surface area contributed by atoms with Gasteiger partial charge in [-0.05, 0) is 34.4 Å². The smallest absolute Gasteiger partial charge is 0.178 e. The van der Waals surface area contributed by atoms with Gasteiger partial charge in [-0.2, -0.15) is 0 Å². The fourth-order valence-electron chi connectivity index (χ4n) is 6.17. The van der Waals surface area contributed by atoms with Gasteiger partial charge in [0.1, 0.15) is 30.5 Å². The van der Waals surface area contributed by atoms with Crippen LogP contribution in [0.15, 0.2) is 157 Å². The molecule has 5 atom stereocenters. The Morgan fingerprint density at radius 1 is 0.519 bits per heavy atom. The highest BCUT2D eigenvalue weighted by Crippen LogP contribution is 2.32. The molecule has 0 unspecified atom stereocenters. The summed E-state index contributed by atoms with van der Waals surface area (Å²) in [7, 11) is -3.73. The summed E-state index contributed by atoms with van der Waals surface area (Å²) in [5.74, 6) is -0.778. The van der Waals surface area contributed by atoms with E-state index in [9.17, 15) is 13.2 Å². The van der Waals surface area contributed by atoms with Crippen LogP contribution in [0.4, 0.5) is 0 Å². The van der Waals surface area contributed by atoms with E-state index >= 15 is 0 Å². The van der Waals surface area contributed by atoms with Crippen LogP contribution in [-0.4, -0.2) is 57.1 Å². The second-order valence-corrected chi connectivity index (χ2v) is 14.8. The van der Waals surface area contributed by atoms with Gasteiger partial charge in [-0.3, -0.25) is 4.79 Å². The number of carbonyl (C=O) groups excluding carboxylic acids is 1. The molecule has 270 valence electrons. The molecule has 1 saturated heterocycles. The number of carbonyl (C=O) groups is 1. The van der Waals surface area contributed by atoms with Crippen molar-refractivity contribution in [1.29, 1.82) is 0 Å². The highest BCUT2D eigenvalue weighted by atomic mass is 32.2. The van der Waals surface area contributed by atoms with Gasteiger partial charge in [-0.25, -0.2) is 8.42 Å². The standard InChI is InChI=1S/C43H44O8S/c44-38(26-27-52(45,46)37-24-14-5-15-25-37)40-42(49-30-35-20-10-3-11-21-35)43(50-31-36-22-12-4-13-23-36)41(48-29-34-18-8-2-9-19-34)39(51-40)32-47-28-33-16-6-1-7-17-33/h1-25,39-43H,26-32H2/t39-,40+,41-,42+,43+/m1/s1. The summed E-state index contributed by atoms with van der Waals surface area (Å²) in [6.45, 7) is 1.07. The normalized spacial score (nSPS) is 20.3. The van der Waals surface area contributed by atoms with Crippen molar-refractivity contribution in [2.45, 2.75) is 68.3 Å². The minimum absolute atomic E-state index is 0.0943. The van der Waals surface area contributed by atoms with Crippen molar-refractivity contribution in [1.82, 2.24) is 0 Å². The second kappa shape index (κ2) is 18.8. The van der Waals surface area contributed by atoms with Gasteiger partial charge in [-0.1, -0.05) is 140 Å². The quantitative estimate of drug-likeness (QED) is 0.0942. The lowest BCUT2D eigenvalue weighted by Crippen LogP contribution is -2.63. The summed E-state index contributed by atoms with van der Waals surface area (Å²) in [6.07, 6.45) is -4.60. The van der Waals surface area contributed by atoms with Crippen LogP contribution in [0.1, 0.15) is 28.7 Å². The van der Waals surface area contributed by atoms with Gasteiger partial charge in [0, 0.05) is 6.42 Å². The Balaban J connectivity index is 1.32. The van der Waals surface area contributed by atoms with Crippen LogP contribution in [0, 0.1) is 0 Å². The predicted octanol–water partition coefficient (Wildman–Crippen LogP) is 7.16. The summed E-state index contributed by atoms with van der Waals surface area (Å²) in [6, 6.07) is 47.1. The topological polar surface area (TPSA) is 97.4 Å². The maximum atomic E-state index is 14.2. The molecule has 1 heterocycles. The minimum atomic E-state index is -3.73. The van der Waals surface area contributed by atoms with Crippen LogP contribution >= 0.6 is 0 Å². The Kier molecular flexibility index (Phi) is 13.5. The number of ketones is 1. The molecule has 0 bridgehead atoms. The lowest BCUT2D eigenvalue weighted by Gasteiger charge is -2.45. The van der Waals surface area contributed by atoms with Crippen LogP contribution < -0.4 is 0 Å². The molecule has 1 aliphatic rings. The molecule has 52 heavy (non-hydrogen) atoms. The molecule has 0 aromatic heterocycles. The van der Waals surface area contributed by atoms with Crippen molar-refractivity contribution in [3.05, 3.63) is 174 Å². The molecule has 1 fully saturated rings. The first-order valence-corrected chi connectivity index (χ1v) is 19.2. The first kappa shape index (κ1) is 37.3. The van der Waals surface area contributed by atoms with Crippen molar-refractivity contribution in [3.63, 3.8) is 0 Å². The third kappa shape index (κ3) is 10.5. The molecule has 0 radical (unpaired) electrons. The number of rotatable bonds is 18. The average Bonchev–Trinajstić information content (AvgIpc) is 3.20. The number of ether oxygens (including phenoxy) is 5. The fourth-order valence-corrected chi connectivity index (χ4v) is 7.45. The summed E-state index contributed by atoms with van der Waals surface area (Å²) in [5, 5.41) is 0. The van der Waals surface area contributed by atoms with Crippen molar-refractivity contribution >= 4 is 15.6 Å². The second-order valence-electron chi connectivity index (χ2n) is 12.7. The van der Waals surface area contributed by atoms with E-state index in [0.29, 0.717) is 6.61 Å². The van der Waals surface area contributed by atoms with E-state index in [2.05, 4.69) is 0 Å². The van der Waals surface area contributed by atoms with Crippen molar-refractivity contribution < 1.29 is 36.9 Å². The summed E-state index contributed by atoms with van der Waals surface area (Å²) < 4.78 is 59.3. The average molecular weight is 721 g/mol. The zero-order valence-electron chi connectivity index (χ0n) is 28.9. The Hall–Kier alpha value is -4.48. The predicted molar refractivity (Wildman–Crippen MR) is 198 cm³/mol. The molecule has 0 N–H and O–H groups in total. The third-order valence-corrected chi connectivity index (χ3v) is 10.7. The fraction of sp³-hybridized carbons (Fsp3) is 0.279. The van der Waals surface area contributed by atoms with Gasteiger partial charge >= 0.3 is 0 Å². The molecule has 5 aromatic rings. The third-order valence-electron chi connectivity index (χ3n) is 8.92. The number of sulfone groups is 1. The first-order chi connectivity index (χ1) is 25.5. The van der Waals surface area contributed by atoms with E-state index in [4.69, 9.17) is 23.7 Å².